The predicted molar refractivity (Wildman–Crippen MR) is 375 cm³/mol. The molecule has 3 N–H and O–H groups in total. The van der Waals surface area contributed by atoms with E-state index in [0.29, 0.717) is 51.5 Å². The number of nitrogens with zero attached hydrogens (tertiary/aromatic N) is 6. The van der Waals surface area contributed by atoms with Crippen molar-refractivity contribution in [2.45, 2.75) is 91.3 Å². The number of halogens is 3. The van der Waals surface area contributed by atoms with Crippen LogP contribution in [-0.4, -0.2) is 89.4 Å². The second-order valence-corrected chi connectivity index (χ2v) is 26.0. The van der Waals surface area contributed by atoms with Crippen molar-refractivity contribution in [3.8, 4) is 17.2 Å². The molecule has 3 unspecified atom stereocenters. The van der Waals surface area contributed by atoms with Gasteiger partial charge in [-0.1, -0.05) is 122 Å². The topological polar surface area (TPSA) is 159 Å². The molecule has 12 rings (SSSR count). The van der Waals surface area contributed by atoms with Gasteiger partial charge in [0.25, 0.3) is 17.7 Å². The van der Waals surface area contributed by atoms with E-state index in [-0.39, 0.29) is 40.4 Å². The van der Waals surface area contributed by atoms with E-state index < -0.39 is 18.1 Å². The van der Waals surface area contributed by atoms with Crippen molar-refractivity contribution in [2.24, 2.45) is 15.0 Å². The van der Waals surface area contributed by atoms with Gasteiger partial charge in [-0.25, -0.2) is 0 Å². The predicted octanol–water partition coefficient (Wildman–Crippen LogP) is 15.9. The van der Waals surface area contributed by atoms with Gasteiger partial charge in [0.1, 0.15) is 35.4 Å². The van der Waals surface area contributed by atoms with E-state index in [1.54, 1.807) is 90.4 Å². The number of anilines is 3. The Hall–Kier alpha value is -9.33. The minimum Gasteiger partial charge on any atom is -0.508 e. The lowest BCUT2D eigenvalue weighted by Gasteiger charge is -2.21. The fourth-order valence-corrected chi connectivity index (χ4v) is 12.0. The average molecular weight is 1280 g/mol. The van der Waals surface area contributed by atoms with E-state index in [2.05, 4.69) is 102 Å². The Morgan fingerprint density at radius 3 is 1.11 bits per heavy atom. The Morgan fingerprint density at radius 1 is 0.391 bits per heavy atom. The molecular formula is C77H73Cl3N6O6. The van der Waals surface area contributed by atoms with Gasteiger partial charge in [-0.15, -0.1) is 0 Å². The van der Waals surface area contributed by atoms with Crippen LogP contribution < -0.4 is 14.7 Å². The monoisotopic (exact) mass is 1280 g/mol. The first-order valence-corrected chi connectivity index (χ1v) is 31.5. The third-order valence-electron chi connectivity index (χ3n) is 17.0. The summed E-state index contributed by atoms with van der Waals surface area (Å²) in [6, 6.07) is 56.2. The molecular weight excluding hydrogens is 1210 g/mol. The number of aliphatic imine (C=N–C) groups is 3. The zero-order chi connectivity index (χ0) is 65.9. The number of aromatic hydroxyl groups is 3. The quantitative estimate of drug-likeness (QED) is 0.130. The Kier molecular flexibility index (Phi) is 19.7. The highest BCUT2D eigenvalue weighted by Gasteiger charge is 2.34. The number of fused-ring (bicyclic) bond motifs is 3. The van der Waals surface area contributed by atoms with Crippen molar-refractivity contribution in [1.82, 2.24) is 0 Å². The maximum absolute atomic E-state index is 13.4. The summed E-state index contributed by atoms with van der Waals surface area (Å²) in [4.78, 5) is 59.9. The summed E-state index contributed by atoms with van der Waals surface area (Å²) in [6.45, 7) is 14.8. The maximum atomic E-state index is 13.4. The molecule has 0 radical (unpaired) electrons. The Labute approximate surface area is 553 Å². The van der Waals surface area contributed by atoms with E-state index in [9.17, 15) is 29.7 Å². The second-order valence-electron chi connectivity index (χ2n) is 24.7. The van der Waals surface area contributed by atoms with Crippen LogP contribution in [-0.2, 0) is 39.1 Å². The lowest BCUT2D eigenvalue weighted by molar-refractivity contribution is -0.120. The van der Waals surface area contributed by atoms with Gasteiger partial charge in [-0.3, -0.25) is 29.4 Å². The van der Waals surface area contributed by atoms with Gasteiger partial charge in [0.15, 0.2) is 0 Å². The minimum atomic E-state index is -0.574. The third kappa shape index (κ3) is 14.9. The lowest BCUT2D eigenvalue weighted by Crippen LogP contribution is -2.36. The first-order chi connectivity index (χ1) is 43.8. The first kappa shape index (κ1) is 65.6. The molecule has 0 aliphatic carbocycles. The summed E-state index contributed by atoms with van der Waals surface area (Å²) in [7, 11) is 5.33. The standard InChI is InChI=1S/C27H27ClN2O2.2C25H23ClN2O2/c1-27(2,3)19-9-5-17(6-10-19)15-23-26(32)30(4)24-14-11-20(28)16-22(24)25(29-23)18-7-12-21(31)13-8-18;1-15-4-5-17(12-16(15)2)13-22-25(30)28(3)23-11-8-19(26)14-21(23)24(27-22)18-6-9-20(29)10-7-18;1-15-4-5-16(2)18(12-15)13-22-25(30)28(3)23-11-8-19(26)14-21(23)24(27-22)17-6-9-20(29)10-7-17/h5-14,16,23,31H,15H2,1-4H3;2*4-12,14,22,29H,13H2,1-3H3. The summed E-state index contributed by atoms with van der Waals surface area (Å²) < 4.78 is 0. The van der Waals surface area contributed by atoms with E-state index in [4.69, 9.17) is 49.8 Å². The number of amides is 3. The van der Waals surface area contributed by atoms with Crippen LogP contribution in [0.25, 0.3) is 0 Å². The van der Waals surface area contributed by atoms with E-state index >= 15 is 0 Å². The van der Waals surface area contributed by atoms with Crippen LogP contribution in [0.5, 0.6) is 17.2 Å². The van der Waals surface area contributed by atoms with Crippen LogP contribution in [0.4, 0.5) is 17.1 Å². The minimum absolute atomic E-state index is 0.0618. The number of phenols is 3. The molecule has 3 heterocycles. The molecule has 12 nitrogen and oxygen atoms in total. The van der Waals surface area contributed by atoms with Crippen molar-refractivity contribution >= 4 is 86.7 Å². The van der Waals surface area contributed by atoms with Gasteiger partial charge >= 0.3 is 0 Å². The summed E-state index contributed by atoms with van der Waals surface area (Å²) in [6.07, 6.45) is 1.52. The molecule has 0 aromatic heterocycles. The number of carbonyl (C=O) groups is 3. The van der Waals surface area contributed by atoms with Crippen molar-refractivity contribution < 1.29 is 29.7 Å². The highest BCUT2D eigenvalue weighted by atomic mass is 35.5. The molecule has 92 heavy (non-hydrogen) atoms. The number of phenolic OH excluding ortho intramolecular Hbond substituents is 3. The number of benzodiazepines with no additional fused rings is 3. The first-order valence-electron chi connectivity index (χ1n) is 30.4. The van der Waals surface area contributed by atoms with Crippen LogP contribution in [0.2, 0.25) is 15.1 Å². The fourth-order valence-electron chi connectivity index (χ4n) is 11.5. The molecule has 468 valence electrons. The van der Waals surface area contributed by atoms with Crippen molar-refractivity contribution in [1.29, 1.82) is 0 Å². The highest BCUT2D eigenvalue weighted by molar-refractivity contribution is 6.33. The molecule has 0 bridgehead atoms. The molecule has 0 spiro atoms. The van der Waals surface area contributed by atoms with E-state index in [0.717, 1.165) is 78.3 Å². The maximum Gasteiger partial charge on any atom is 0.251 e. The number of benzene rings is 9. The van der Waals surface area contributed by atoms with Crippen LogP contribution in [0.1, 0.15) is 98.7 Å². The zero-order valence-corrected chi connectivity index (χ0v) is 55.4. The number of aryl methyl sites for hydroxylation is 4. The highest BCUT2D eigenvalue weighted by Crippen LogP contribution is 2.36. The Balaban J connectivity index is 0.000000151. The summed E-state index contributed by atoms with van der Waals surface area (Å²) in [5, 5.41) is 30.9. The van der Waals surface area contributed by atoms with Crippen LogP contribution in [0.15, 0.2) is 203 Å². The zero-order valence-electron chi connectivity index (χ0n) is 53.1. The number of hydrogen-bond acceptors (Lipinski definition) is 9. The molecule has 9 aromatic rings. The second kappa shape index (κ2) is 27.6. The SMILES string of the molecule is CN1C(=O)C(Cc2ccc(C(C)(C)C)cc2)N=C(c2ccc(O)cc2)c2cc(Cl)ccc21.Cc1ccc(C)c(CC2N=C(c3ccc(O)cc3)c3cc(Cl)ccc3N(C)C2=O)c1.Cc1ccc(CC2N=C(c3ccc(O)cc3)c3cc(Cl)ccc3N(C)C2=O)cc1C. The van der Waals surface area contributed by atoms with Gasteiger partial charge in [0.05, 0.1) is 34.2 Å². The fraction of sp³-hybridized carbons (Fsp3) is 0.221. The largest absolute Gasteiger partial charge is 0.508 e. The lowest BCUT2D eigenvalue weighted by atomic mass is 9.86. The van der Waals surface area contributed by atoms with Crippen LogP contribution >= 0.6 is 34.8 Å². The molecule has 9 aromatic carbocycles. The van der Waals surface area contributed by atoms with Crippen LogP contribution in [0.3, 0.4) is 0 Å². The molecule has 0 saturated carbocycles. The number of likely N-dealkylation sites (N-methyl/N-ethyl adjacent to an activating group) is 3. The molecule has 3 amide bonds. The van der Waals surface area contributed by atoms with Gasteiger partial charge in [-0.2, -0.15) is 0 Å². The van der Waals surface area contributed by atoms with Gasteiger partial charge in [-0.05, 0) is 199 Å². The van der Waals surface area contributed by atoms with Crippen molar-refractivity contribution in [2.75, 3.05) is 35.8 Å². The number of rotatable bonds is 9. The molecule has 3 aliphatic heterocycles. The normalized spacial score (nSPS) is 16.2. The molecule has 3 aliphatic rings. The molecule has 0 fully saturated rings. The van der Waals surface area contributed by atoms with Gasteiger partial charge < -0.3 is 30.0 Å². The summed E-state index contributed by atoms with van der Waals surface area (Å²) in [5.41, 5.74) is 18.5. The smallest absolute Gasteiger partial charge is 0.251 e. The summed E-state index contributed by atoms with van der Waals surface area (Å²) in [5.74, 6) is 0.345. The Bertz CT molecular complexity index is 4370. The third-order valence-corrected chi connectivity index (χ3v) is 17.7. The van der Waals surface area contributed by atoms with E-state index in [1.807, 2.05) is 79.7 Å². The Morgan fingerprint density at radius 2 is 0.739 bits per heavy atom. The van der Waals surface area contributed by atoms with Gasteiger partial charge in [0.2, 0.25) is 0 Å². The van der Waals surface area contributed by atoms with Crippen molar-refractivity contribution in [3.63, 3.8) is 0 Å². The average Bonchev–Trinajstić information content (AvgIpc) is 1.64. The molecule has 0 saturated heterocycles. The number of carbonyl (C=O) groups excluding carboxylic acids is 3. The summed E-state index contributed by atoms with van der Waals surface area (Å²) >= 11 is 18.9. The van der Waals surface area contributed by atoms with Gasteiger partial charge in [0, 0.05) is 88.9 Å². The van der Waals surface area contributed by atoms with Crippen LogP contribution in [0, 0.1) is 27.7 Å². The van der Waals surface area contributed by atoms with E-state index in [1.165, 1.54) is 16.7 Å². The number of hydrogen-bond donors (Lipinski definition) is 3. The molecule has 3 atom stereocenters. The molecule has 15 heteroatoms. The van der Waals surface area contributed by atoms with Crippen molar-refractivity contribution in [3.05, 3.63) is 281 Å².